The van der Waals surface area contributed by atoms with Crippen molar-refractivity contribution in [3.63, 3.8) is 0 Å². The average molecular weight is 206 g/mol. The van der Waals surface area contributed by atoms with Crippen molar-refractivity contribution in [2.45, 2.75) is 20.8 Å². The molecule has 0 spiro atoms. The van der Waals surface area contributed by atoms with Gasteiger partial charge in [-0.1, -0.05) is 32.9 Å². The minimum Gasteiger partial charge on any atom is -0.478 e. The molecule has 0 aliphatic carbocycles. The second kappa shape index (κ2) is 3.85. The van der Waals surface area contributed by atoms with E-state index >= 15 is 0 Å². The molecule has 0 unspecified atom stereocenters. The molecule has 1 aromatic carbocycles. The van der Waals surface area contributed by atoms with Gasteiger partial charge in [0.15, 0.2) is 5.78 Å². The summed E-state index contributed by atoms with van der Waals surface area (Å²) in [4.78, 5) is 22.6. The largest absolute Gasteiger partial charge is 0.478 e. The van der Waals surface area contributed by atoms with Gasteiger partial charge in [0.05, 0.1) is 5.56 Å². The predicted molar refractivity (Wildman–Crippen MR) is 57.2 cm³/mol. The summed E-state index contributed by atoms with van der Waals surface area (Å²) < 4.78 is 0. The lowest BCUT2D eigenvalue weighted by atomic mass is 9.86. The molecule has 1 rings (SSSR count). The fraction of sp³-hybridized carbons (Fsp3) is 0.333. The molecule has 0 aliphatic rings. The zero-order chi connectivity index (χ0) is 11.6. The first-order valence-corrected chi connectivity index (χ1v) is 4.70. The Morgan fingerprint density at radius 2 is 1.67 bits per heavy atom. The smallest absolute Gasteiger partial charge is 0.335 e. The van der Waals surface area contributed by atoms with Crippen molar-refractivity contribution in [2.24, 2.45) is 5.41 Å². The van der Waals surface area contributed by atoms with Crippen molar-refractivity contribution >= 4 is 11.8 Å². The summed E-state index contributed by atoms with van der Waals surface area (Å²) >= 11 is 0. The SMILES string of the molecule is CC(C)(C)C(=O)c1cccc(C(=O)O)c1. The van der Waals surface area contributed by atoms with Crippen LogP contribution in [0.25, 0.3) is 0 Å². The number of rotatable bonds is 2. The van der Waals surface area contributed by atoms with E-state index in [-0.39, 0.29) is 11.3 Å². The van der Waals surface area contributed by atoms with Crippen LogP contribution in [0, 0.1) is 5.41 Å². The summed E-state index contributed by atoms with van der Waals surface area (Å²) in [5, 5.41) is 8.78. The normalized spacial score (nSPS) is 11.1. The van der Waals surface area contributed by atoms with E-state index in [1.54, 1.807) is 12.1 Å². The molecule has 3 heteroatoms. The van der Waals surface area contributed by atoms with Crippen molar-refractivity contribution in [1.82, 2.24) is 0 Å². The summed E-state index contributed by atoms with van der Waals surface area (Å²) in [6.45, 7) is 5.42. The summed E-state index contributed by atoms with van der Waals surface area (Å²) in [6, 6.07) is 6.11. The molecule has 1 N–H and O–H groups in total. The van der Waals surface area contributed by atoms with Crippen LogP contribution in [0.2, 0.25) is 0 Å². The lowest BCUT2D eigenvalue weighted by molar-refractivity contribution is 0.0697. The van der Waals surface area contributed by atoms with Crippen LogP contribution in [0.15, 0.2) is 24.3 Å². The molecular formula is C12H14O3. The molecule has 0 aromatic heterocycles. The molecule has 0 atom stereocenters. The van der Waals surface area contributed by atoms with Crippen LogP contribution in [-0.4, -0.2) is 16.9 Å². The number of carbonyl (C=O) groups excluding carboxylic acids is 1. The number of carbonyl (C=O) groups is 2. The Balaban J connectivity index is 3.12. The molecule has 0 saturated heterocycles. The summed E-state index contributed by atoms with van der Waals surface area (Å²) in [5.74, 6) is -1.07. The van der Waals surface area contributed by atoms with Crippen LogP contribution in [0.5, 0.6) is 0 Å². The van der Waals surface area contributed by atoms with E-state index in [4.69, 9.17) is 5.11 Å². The first-order chi connectivity index (χ1) is 6.82. The maximum Gasteiger partial charge on any atom is 0.335 e. The van der Waals surface area contributed by atoms with Gasteiger partial charge in [0.2, 0.25) is 0 Å². The molecular weight excluding hydrogens is 192 g/mol. The lowest BCUT2D eigenvalue weighted by Gasteiger charge is -2.16. The zero-order valence-corrected chi connectivity index (χ0v) is 9.07. The molecule has 0 bridgehead atoms. The number of carboxylic acid groups (broad SMARTS) is 1. The molecule has 80 valence electrons. The van der Waals surface area contributed by atoms with Gasteiger partial charge >= 0.3 is 5.97 Å². The van der Waals surface area contributed by atoms with Crippen LogP contribution >= 0.6 is 0 Å². The second-order valence-corrected chi connectivity index (χ2v) is 4.47. The van der Waals surface area contributed by atoms with E-state index in [2.05, 4.69) is 0 Å². The van der Waals surface area contributed by atoms with E-state index in [9.17, 15) is 9.59 Å². The topological polar surface area (TPSA) is 54.4 Å². The Morgan fingerprint density at radius 1 is 1.13 bits per heavy atom. The molecule has 0 fully saturated rings. The fourth-order valence-electron chi connectivity index (χ4n) is 1.23. The third-order valence-corrected chi connectivity index (χ3v) is 2.05. The predicted octanol–water partition coefficient (Wildman–Crippen LogP) is 2.61. The molecule has 0 aliphatic heterocycles. The first kappa shape index (κ1) is 11.4. The molecule has 0 saturated carbocycles. The summed E-state index contributed by atoms with van der Waals surface area (Å²) in [6.07, 6.45) is 0. The highest BCUT2D eigenvalue weighted by Crippen LogP contribution is 2.21. The number of aromatic carboxylic acids is 1. The van der Waals surface area contributed by atoms with E-state index in [0.717, 1.165) is 0 Å². The van der Waals surface area contributed by atoms with Crippen molar-refractivity contribution in [2.75, 3.05) is 0 Å². The van der Waals surface area contributed by atoms with E-state index < -0.39 is 11.4 Å². The zero-order valence-electron chi connectivity index (χ0n) is 9.07. The molecule has 0 radical (unpaired) electrons. The van der Waals surface area contributed by atoms with Gasteiger partial charge in [0.25, 0.3) is 0 Å². The van der Waals surface area contributed by atoms with Crippen molar-refractivity contribution in [1.29, 1.82) is 0 Å². The Labute approximate surface area is 88.7 Å². The highest BCUT2D eigenvalue weighted by molar-refractivity contribution is 6.01. The summed E-state index contributed by atoms with van der Waals surface area (Å²) in [5.41, 5.74) is 0.101. The monoisotopic (exact) mass is 206 g/mol. The number of hydrogen-bond acceptors (Lipinski definition) is 2. The quantitative estimate of drug-likeness (QED) is 0.757. The Morgan fingerprint density at radius 3 is 2.13 bits per heavy atom. The Kier molecular flexibility index (Phi) is 2.93. The van der Waals surface area contributed by atoms with Crippen molar-refractivity contribution in [3.8, 4) is 0 Å². The molecule has 0 amide bonds. The molecule has 0 heterocycles. The maximum absolute atomic E-state index is 11.8. The Hall–Kier alpha value is -1.64. The van der Waals surface area contributed by atoms with Gasteiger partial charge in [-0.25, -0.2) is 4.79 Å². The number of carboxylic acids is 1. The third-order valence-electron chi connectivity index (χ3n) is 2.05. The van der Waals surface area contributed by atoms with Crippen LogP contribution in [-0.2, 0) is 0 Å². The number of Topliss-reactive ketones (excluding diaryl/α,β-unsaturated/α-hetero) is 1. The number of hydrogen-bond donors (Lipinski definition) is 1. The maximum atomic E-state index is 11.8. The van der Waals surface area contributed by atoms with Crippen LogP contribution in [0.3, 0.4) is 0 Å². The minimum atomic E-state index is -1.02. The van der Waals surface area contributed by atoms with Gasteiger partial charge in [-0.05, 0) is 12.1 Å². The fourth-order valence-corrected chi connectivity index (χ4v) is 1.23. The first-order valence-electron chi connectivity index (χ1n) is 4.70. The lowest BCUT2D eigenvalue weighted by Crippen LogP contribution is -2.20. The van der Waals surface area contributed by atoms with E-state index in [1.165, 1.54) is 12.1 Å². The van der Waals surface area contributed by atoms with Crippen LogP contribution in [0.1, 0.15) is 41.5 Å². The highest BCUT2D eigenvalue weighted by atomic mass is 16.4. The highest BCUT2D eigenvalue weighted by Gasteiger charge is 2.23. The Bertz CT molecular complexity index is 400. The van der Waals surface area contributed by atoms with Crippen LogP contribution < -0.4 is 0 Å². The van der Waals surface area contributed by atoms with E-state index in [0.29, 0.717) is 5.56 Å². The van der Waals surface area contributed by atoms with Gasteiger partial charge in [-0.15, -0.1) is 0 Å². The van der Waals surface area contributed by atoms with Crippen molar-refractivity contribution < 1.29 is 14.7 Å². The third kappa shape index (κ3) is 2.65. The van der Waals surface area contributed by atoms with Crippen molar-refractivity contribution in [3.05, 3.63) is 35.4 Å². The van der Waals surface area contributed by atoms with Gasteiger partial charge in [0.1, 0.15) is 0 Å². The average Bonchev–Trinajstić information content (AvgIpc) is 2.15. The minimum absolute atomic E-state index is 0.0504. The van der Waals surface area contributed by atoms with Gasteiger partial charge in [0, 0.05) is 11.0 Å². The second-order valence-electron chi connectivity index (χ2n) is 4.47. The summed E-state index contributed by atoms with van der Waals surface area (Å²) in [7, 11) is 0. The standard InChI is InChI=1S/C12H14O3/c1-12(2,3)10(13)8-5-4-6-9(7-8)11(14)15/h4-7H,1-3H3,(H,14,15). The molecule has 1 aromatic rings. The van der Waals surface area contributed by atoms with Gasteiger partial charge < -0.3 is 5.11 Å². The molecule has 3 nitrogen and oxygen atoms in total. The number of ketones is 1. The van der Waals surface area contributed by atoms with Gasteiger partial charge in [-0.2, -0.15) is 0 Å². The van der Waals surface area contributed by atoms with Crippen LogP contribution in [0.4, 0.5) is 0 Å². The van der Waals surface area contributed by atoms with E-state index in [1.807, 2.05) is 20.8 Å². The molecule has 15 heavy (non-hydrogen) atoms. The number of benzene rings is 1. The van der Waals surface area contributed by atoms with Gasteiger partial charge in [-0.3, -0.25) is 4.79 Å².